The summed E-state index contributed by atoms with van der Waals surface area (Å²) in [6, 6.07) is 5.12. The van der Waals surface area contributed by atoms with Crippen LogP contribution < -0.4 is 0 Å². The number of halogens is 1. The summed E-state index contributed by atoms with van der Waals surface area (Å²) >= 11 is 3.43. The first-order valence-corrected chi connectivity index (χ1v) is 7.61. The number of benzene rings is 1. The van der Waals surface area contributed by atoms with E-state index in [-0.39, 0.29) is 11.7 Å². The maximum absolute atomic E-state index is 12.3. The number of carbonyl (C=O) groups excluding carboxylic acids is 1. The fraction of sp³-hybridized carbons (Fsp3) is 0.500. The Hall–Kier alpha value is -1.07. The molecule has 1 aliphatic rings. The number of alkyl halides is 1. The number of piperazine rings is 1. The molecule has 104 valence electrons. The van der Waals surface area contributed by atoms with Gasteiger partial charge in [-0.05, 0) is 24.6 Å². The summed E-state index contributed by atoms with van der Waals surface area (Å²) in [5.74, 6) is 0.192. The second-order valence-electron chi connectivity index (χ2n) is 4.82. The van der Waals surface area contributed by atoms with Gasteiger partial charge in [0.1, 0.15) is 5.75 Å². The van der Waals surface area contributed by atoms with E-state index in [9.17, 15) is 9.90 Å². The molecule has 1 aromatic carbocycles. The monoisotopic (exact) mass is 326 g/mol. The molecule has 0 radical (unpaired) electrons. The standard InChI is InChI=1S/C14H19BrN2O2/c1-11-2-3-12(10-13(11)18)14(19)17-8-6-16(5-4-15)7-9-17/h2-3,10,18H,4-9H2,1H3. The summed E-state index contributed by atoms with van der Waals surface area (Å²) in [6.07, 6.45) is 0. The van der Waals surface area contributed by atoms with Crippen molar-refractivity contribution in [3.8, 4) is 5.75 Å². The lowest BCUT2D eigenvalue weighted by Gasteiger charge is -2.34. The van der Waals surface area contributed by atoms with Gasteiger partial charge in [-0.15, -0.1) is 0 Å². The Labute approximate surface area is 122 Å². The zero-order valence-electron chi connectivity index (χ0n) is 11.1. The molecule has 0 bridgehead atoms. The lowest BCUT2D eigenvalue weighted by Crippen LogP contribution is -2.49. The van der Waals surface area contributed by atoms with Crippen LogP contribution in [0, 0.1) is 6.92 Å². The van der Waals surface area contributed by atoms with Crippen molar-refractivity contribution in [2.45, 2.75) is 6.92 Å². The van der Waals surface area contributed by atoms with E-state index in [1.54, 1.807) is 18.2 Å². The molecule has 0 atom stereocenters. The van der Waals surface area contributed by atoms with Gasteiger partial charge in [0.05, 0.1) is 0 Å². The van der Waals surface area contributed by atoms with E-state index in [1.165, 1.54) is 0 Å². The predicted octanol–water partition coefficient (Wildman–Crippen LogP) is 1.85. The third-order valence-corrected chi connectivity index (χ3v) is 3.87. The van der Waals surface area contributed by atoms with E-state index in [2.05, 4.69) is 20.8 Å². The van der Waals surface area contributed by atoms with Crippen molar-refractivity contribution < 1.29 is 9.90 Å². The molecule has 2 rings (SSSR count). The molecule has 0 saturated carbocycles. The van der Waals surface area contributed by atoms with Crippen molar-refractivity contribution >= 4 is 21.8 Å². The Balaban J connectivity index is 1.99. The Morgan fingerprint density at radius 3 is 2.58 bits per heavy atom. The van der Waals surface area contributed by atoms with Crippen LogP contribution in [0.5, 0.6) is 5.75 Å². The molecule has 1 aromatic rings. The number of phenols is 1. The van der Waals surface area contributed by atoms with Gasteiger partial charge in [-0.1, -0.05) is 22.0 Å². The van der Waals surface area contributed by atoms with E-state index < -0.39 is 0 Å². The number of nitrogens with zero attached hydrogens (tertiary/aromatic N) is 2. The summed E-state index contributed by atoms with van der Waals surface area (Å²) < 4.78 is 0. The molecule has 1 fully saturated rings. The van der Waals surface area contributed by atoms with E-state index in [0.717, 1.165) is 43.6 Å². The van der Waals surface area contributed by atoms with Crippen LogP contribution in [0.3, 0.4) is 0 Å². The van der Waals surface area contributed by atoms with Crippen LogP contribution in [0.2, 0.25) is 0 Å². The highest BCUT2D eigenvalue weighted by molar-refractivity contribution is 9.09. The van der Waals surface area contributed by atoms with Crippen LogP contribution in [-0.4, -0.2) is 58.9 Å². The number of carbonyl (C=O) groups is 1. The molecular weight excluding hydrogens is 308 g/mol. The normalized spacial score (nSPS) is 16.6. The van der Waals surface area contributed by atoms with Crippen LogP contribution >= 0.6 is 15.9 Å². The maximum atomic E-state index is 12.3. The van der Waals surface area contributed by atoms with Gasteiger partial charge < -0.3 is 10.0 Å². The number of aromatic hydroxyl groups is 1. The SMILES string of the molecule is Cc1ccc(C(=O)N2CCN(CCBr)CC2)cc1O. The Kier molecular flexibility index (Phi) is 4.82. The number of aryl methyl sites for hydroxylation is 1. The number of hydrogen-bond acceptors (Lipinski definition) is 3. The van der Waals surface area contributed by atoms with Crippen molar-refractivity contribution in [3.63, 3.8) is 0 Å². The molecule has 0 aromatic heterocycles. The van der Waals surface area contributed by atoms with Gasteiger partial charge >= 0.3 is 0 Å². The number of rotatable bonds is 3. The van der Waals surface area contributed by atoms with Crippen molar-refractivity contribution in [3.05, 3.63) is 29.3 Å². The molecule has 1 aliphatic heterocycles. The molecule has 19 heavy (non-hydrogen) atoms. The highest BCUT2D eigenvalue weighted by Gasteiger charge is 2.22. The summed E-state index contributed by atoms with van der Waals surface area (Å²) in [5.41, 5.74) is 1.36. The van der Waals surface area contributed by atoms with Gasteiger partial charge in [0.25, 0.3) is 5.91 Å². The summed E-state index contributed by atoms with van der Waals surface area (Å²) in [6.45, 7) is 6.17. The van der Waals surface area contributed by atoms with Crippen molar-refractivity contribution in [1.29, 1.82) is 0 Å². The van der Waals surface area contributed by atoms with Crippen LogP contribution in [-0.2, 0) is 0 Å². The molecule has 4 nitrogen and oxygen atoms in total. The molecule has 1 N–H and O–H groups in total. The molecule has 0 spiro atoms. The molecule has 1 saturated heterocycles. The predicted molar refractivity (Wildman–Crippen MR) is 79.0 cm³/mol. The van der Waals surface area contributed by atoms with Crippen molar-refractivity contribution in [2.24, 2.45) is 0 Å². The zero-order chi connectivity index (χ0) is 13.8. The third kappa shape index (κ3) is 3.48. The topological polar surface area (TPSA) is 43.8 Å². The average molecular weight is 327 g/mol. The molecule has 1 heterocycles. The second-order valence-corrected chi connectivity index (χ2v) is 5.62. The summed E-state index contributed by atoms with van der Waals surface area (Å²) in [4.78, 5) is 16.5. The molecular formula is C14H19BrN2O2. The average Bonchev–Trinajstić information content (AvgIpc) is 2.42. The van der Waals surface area contributed by atoms with Crippen LogP contribution in [0.1, 0.15) is 15.9 Å². The quantitative estimate of drug-likeness (QED) is 0.862. The van der Waals surface area contributed by atoms with Gasteiger partial charge in [0.15, 0.2) is 0 Å². The van der Waals surface area contributed by atoms with Gasteiger partial charge in [-0.2, -0.15) is 0 Å². The third-order valence-electron chi connectivity index (χ3n) is 3.52. The lowest BCUT2D eigenvalue weighted by molar-refractivity contribution is 0.0644. The highest BCUT2D eigenvalue weighted by Crippen LogP contribution is 2.19. The maximum Gasteiger partial charge on any atom is 0.254 e. The molecule has 1 amide bonds. The molecule has 0 unspecified atom stereocenters. The summed E-state index contributed by atoms with van der Waals surface area (Å²) in [7, 11) is 0. The lowest BCUT2D eigenvalue weighted by atomic mass is 10.1. The smallest absolute Gasteiger partial charge is 0.254 e. The van der Waals surface area contributed by atoms with Crippen LogP contribution in [0.25, 0.3) is 0 Å². The second kappa shape index (κ2) is 6.39. The minimum absolute atomic E-state index is 0.00814. The molecule has 5 heteroatoms. The van der Waals surface area contributed by atoms with E-state index in [0.29, 0.717) is 5.56 Å². The first-order valence-electron chi connectivity index (χ1n) is 6.49. The fourth-order valence-corrected chi connectivity index (χ4v) is 2.72. The first-order chi connectivity index (χ1) is 9.11. The Morgan fingerprint density at radius 1 is 1.32 bits per heavy atom. The van der Waals surface area contributed by atoms with E-state index in [1.807, 2.05) is 11.8 Å². The van der Waals surface area contributed by atoms with E-state index >= 15 is 0 Å². The summed E-state index contributed by atoms with van der Waals surface area (Å²) in [5, 5.41) is 10.6. The van der Waals surface area contributed by atoms with Gasteiger partial charge in [-0.3, -0.25) is 9.69 Å². The minimum atomic E-state index is 0.00814. The number of hydrogen-bond donors (Lipinski definition) is 1. The van der Waals surface area contributed by atoms with Crippen molar-refractivity contribution in [1.82, 2.24) is 9.80 Å². The number of amides is 1. The van der Waals surface area contributed by atoms with Crippen LogP contribution in [0.15, 0.2) is 18.2 Å². The minimum Gasteiger partial charge on any atom is -0.508 e. The Bertz CT molecular complexity index is 457. The van der Waals surface area contributed by atoms with Gasteiger partial charge in [0, 0.05) is 43.6 Å². The van der Waals surface area contributed by atoms with Crippen LogP contribution in [0.4, 0.5) is 0 Å². The Morgan fingerprint density at radius 2 is 2.00 bits per heavy atom. The molecule has 0 aliphatic carbocycles. The highest BCUT2D eigenvalue weighted by atomic mass is 79.9. The van der Waals surface area contributed by atoms with Crippen molar-refractivity contribution in [2.75, 3.05) is 38.1 Å². The first kappa shape index (κ1) is 14.3. The van der Waals surface area contributed by atoms with Gasteiger partial charge in [-0.25, -0.2) is 0 Å². The zero-order valence-corrected chi connectivity index (χ0v) is 12.7. The largest absolute Gasteiger partial charge is 0.508 e. The van der Waals surface area contributed by atoms with E-state index in [4.69, 9.17) is 0 Å². The van der Waals surface area contributed by atoms with Gasteiger partial charge in [0.2, 0.25) is 0 Å². The number of phenolic OH excluding ortho intramolecular Hbond substituents is 1. The fourth-order valence-electron chi connectivity index (χ4n) is 2.22.